The van der Waals surface area contributed by atoms with Crippen molar-refractivity contribution in [2.24, 2.45) is 5.92 Å². The fourth-order valence-electron chi connectivity index (χ4n) is 1.56. The molecule has 1 rings (SSSR count). The second-order valence-corrected chi connectivity index (χ2v) is 3.59. The Balaban J connectivity index is 2.50. The van der Waals surface area contributed by atoms with E-state index < -0.39 is 0 Å². The lowest BCUT2D eigenvalue weighted by Crippen LogP contribution is -2.43. The fraction of sp³-hybridized carbons (Fsp3) is 0.700. The lowest BCUT2D eigenvalue weighted by atomic mass is 9.97. The molecule has 0 bridgehead atoms. The number of nitrogens with zero attached hydrogens (tertiary/aromatic N) is 1. The highest BCUT2D eigenvalue weighted by molar-refractivity contribution is 5.81. The molecule has 1 heterocycles. The molecule has 68 valence electrons. The first-order chi connectivity index (χ1) is 5.65. The smallest absolute Gasteiger partial charge is 0.138 e. The minimum Gasteiger partial charge on any atom is -0.299 e. The van der Waals surface area contributed by atoms with Crippen LogP contribution in [-0.4, -0.2) is 29.8 Å². The van der Waals surface area contributed by atoms with Crippen LogP contribution in [0.3, 0.4) is 0 Å². The Morgan fingerprint density at radius 1 is 1.75 bits per heavy atom. The molecule has 0 aromatic carbocycles. The summed E-state index contributed by atoms with van der Waals surface area (Å²) in [5, 5.41) is 0. The summed E-state index contributed by atoms with van der Waals surface area (Å²) in [4.78, 5) is 13.5. The van der Waals surface area contributed by atoms with Crippen LogP contribution in [0.1, 0.15) is 20.3 Å². The van der Waals surface area contributed by atoms with E-state index in [-0.39, 0.29) is 5.92 Å². The summed E-state index contributed by atoms with van der Waals surface area (Å²) in [6.45, 7) is 9.67. The van der Waals surface area contributed by atoms with Gasteiger partial charge in [-0.25, -0.2) is 0 Å². The number of carbonyl (C=O) groups excluding carboxylic acids is 1. The molecule has 0 radical (unpaired) electrons. The number of piperidine rings is 1. The van der Waals surface area contributed by atoms with E-state index in [0.29, 0.717) is 18.2 Å². The van der Waals surface area contributed by atoms with Gasteiger partial charge in [-0.1, -0.05) is 13.0 Å². The van der Waals surface area contributed by atoms with Gasteiger partial charge in [0.15, 0.2) is 0 Å². The van der Waals surface area contributed by atoms with Gasteiger partial charge in [0.25, 0.3) is 0 Å². The number of hydrogen-bond acceptors (Lipinski definition) is 2. The number of hydrogen-bond donors (Lipinski definition) is 0. The Morgan fingerprint density at radius 2 is 2.42 bits per heavy atom. The van der Waals surface area contributed by atoms with Crippen molar-refractivity contribution in [3.8, 4) is 0 Å². The molecule has 2 heteroatoms. The quantitative estimate of drug-likeness (QED) is 0.580. The van der Waals surface area contributed by atoms with Crippen LogP contribution in [0, 0.1) is 5.92 Å². The Morgan fingerprint density at radius 3 is 2.92 bits per heavy atom. The molecular formula is C10H17NO. The molecule has 1 saturated heterocycles. The molecule has 0 amide bonds. The highest BCUT2D eigenvalue weighted by atomic mass is 16.1. The van der Waals surface area contributed by atoms with E-state index in [1.807, 2.05) is 13.0 Å². The lowest BCUT2D eigenvalue weighted by molar-refractivity contribution is -0.125. The Bertz CT molecular complexity index is 188. The molecule has 2 atom stereocenters. The highest BCUT2D eigenvalue weighted by Crippen LogP contribution is 2.14. The van der Waals surface area contributed by atoms with E-state index in [1.165, 1.54) is 0 Å². The number of likely N-dealkylation sites (tertiary alicyclic amines) is 1. The number of Topliss-reactive ketones (excluding diaryl/α,β-unsaturated/α-hetero) is 1. The van der Waals surface area contributed by atoms with Gasteiger partial charge >= 0.3 is 0 Å². The molecule has 1 aliphatic rings. The van der Waals surface area contributed by atoms with Crippen LogP contribution in [0.25, 0.3) is 0 Å². The van der Waals surface area contributed by atoms with Crippen molar-refractivity contribution in [1.29, 1.82) is 0 Å². The predicted molar refractivity (Wildman–Crippen MR) is 50.0 cm³/mol. The van der Waals surface area contributed by atoms with Crippen molar-refractivity contribution in [1.82, 2.24) is 4.90 Å². The average Bonchev–Trinajstić information content (AvgIpc) is 2.08. The van der Waals surface area contributed by atoms with E-state index in [9.17, 15) is 4.79 Å². The Kier molecular flexibility index (Phi) is 3.04. The molecule has 12 heavy (non-hydrogen) atoms. The van der Waals surface area contributed by atoms with Crippen LogP contribution in [0.5, 0.6) is 0 Å². The first-order valence-electron chi connectivity index (χ1n) is 4.54. The van der Waals surface area contributed by atoms with E-state index >= 15 is 0 Å². The lowest BCUT2D eigenvalue weighted by Gasteiger charge is -2.33. The van der Waals surface area contributed by atoms with Crippen molar-refractivity contribution in [2.45, 2.75) is 26.3 Å². The van der Waals surface area contributed by atoms with Crippen molar-refractivity contribution < 1.29 is 4.79 Å². The van der Waals surface area contributed by atoms with Gasteiger partial charge in [0, 0.05) is 31.5 Å². The molecule has 0 spiro atoms. The third-order valence-corrected chi connectivity index (χ3v) is 2.62. The zero-order chi connectivity index (χ0) is 9.14. The van der Waals surface area contributed by atoms with Gasteiger partial charge in [-0.05, 0) is 6.92 Å². The van der Waals surface area contributed by atoms with E-state index in [4.69, 9.17) is 0 Å². The normalized spacial score (nSPS) is 28.5. The molecule has 0 aromatic heterocycles. The van der Waals surface area contributed by atoms with Gasteiger partial charge in [-0.15, -0.1) is 6.58 Å². The highest BCUT2D eigenvalue weighted by Gasteiger charge is 2.24. The Labute approximate surface area is 74.2 Å². The maximum absolute atomic E-state index is 11.2. The molecule has 1 aliphatic heterocycles. The minimum absolute atomic E-state index is 0.209. The van der Waals surface area contributed by atoms with Crippen molar-refractivity contribution in [2.75, 3.05) is 13.1 Å². The van der Waals surface area contributed by atoms with E-state index in [2.05, 4.69) is 18.4 Å². The van der Waals surface area contributed by atoms with Gasteiger partial charge in [0.2, 0.25) is 0 Å². The second kappa shape index (κ2) is 3.85. The summed E-state index contributed by atoms with van der Waals surface area (Å²) in [6, 6.07) is 0.403. The average molecular weight is 167 g/mol. The molecular weight excluding hydrogens is 150 g/mol. The van der Waals surface area contributed by atoms with Crippen LogP contribution >= 0.6 is 0 Å². The summed E-state index contributed by atoms with van der Waals surface area (Å²) in [5.41, 5.74) is 0. The monoisotopic (exact) mass is 167 g/mol. The number of ketones is 1. The van der Waals surface area contributed by atoms with Gasteiger partial charge in [-0.2, -0.15) is 0 Å². The fourth-order valence-corrected chi connectivity index (χ4v) is 1.56. The van der Waals surface area contributed by atoms with Crippen LogP contribution in [-0.2, 0) is 4.79 Å². The summed E-state index contributed by atoms with van der Waals surface area (Å²) in [6.07, 6.45) is 2.64. The molecule has 2 nitrogen and oxygen atoms in total. The first kappa shape index (κ1) is 9.46. The third-order valence-electron chi connectivity index (χ3n) is 2.62. The topological polar surface area (TPSA) is 20.3 Å². The standard InChI is InChI=1S/C10H17NO/c1-4-9(3)11-6-5-10(12)8(2)7-11/h4,8-9H,1,5-7H2,2-3H3. The third kappa shape index (κ3) is 1.95. The zero-order valence-corrected chi connectivity index (χ0v) is 7.92. The first-order valence-corrected chi connectivity index (χ1v) is 4.54. The summed E-state index contributed by atoms with van der Waals surface area (Å²) in [5.74, 6) is 0.615. The van der Waals surface area contributed by atoms with Gasteiger partial charge in [0.1, 0.15) is 5.78 Å². The van der Waals surface area contributed by atoms with Crippen LogP contribution in [0.4, 0.5) is 0 Å². The van der Waals surface area contributed by atoms with Gasteiger partial charge in [-0.3, -0.25) is 9.69 Å². The maximum atomic E-state index is 11.2. The molecule has 2 unspecified atom stereocenters. The van der Waals surface area contributed by atoms with E-state index in [1.54, 1.807) is 0 Å². The molecule has 0 aromatic rings. The van der Waals surface area contributed by atoms with Gasteiger partial charge in [0.05, 0.1) is 0 Å². The van der Waals surface area contributed by atoms with Gasteiger partial charge < -0.3 is 0 Å². The maximum Gasteiger partial charge on any atom is 0.138 e. The summed E-state index contributed by atoms with van der Waals surface area (Å²) >= 11 is 0. The SMILES string of the molecule is C=CC(C)N1CCC(=O)C(C)C1. The molecule has 0 N–H and O–H groups in total. The number of rotatable bonds is 2. The van der Waals surface area contributed by atoms with Crippen molar-refractivity contribution >= 4 is 5.78 Å². The molecule has 1 fully saturated rings. The van der Waals surface area contributed by atoms with Crippen molar-refractivity contribution in [3.63, 3.8) is 0 Å². The van der Waals surface area contributed by atoms with Crippen LogP contribution < -0.4 is 0 Å². The van der Waals surface area contributed by atoms with Crippen LogP contribution in [0.2, 0.25) is 0 Å². The largest absolute Gasteiger partial charge is 0.299 e. The Hall–Kier alpha value is -0.630. The van der Waals surface area contributed by atoms with Crippen molar-refractivity contribution in [3.05, 3.63) is 12.7 Å². The minimum atomic E-state index is 0.209. The molecule has 0 aliphatic carbocycles. The summed E-state index contributed by atoms with van der Waals surface area (Å²) < 4.78 is 0. The van der Waals surface area contributed by atoms with E-state index in [0.717, 1.165) is 13.1 Å². The second-order valence-electron chi connectivity index (χ2n) is 3.59. The number of carbonyl (C=O) groups is 1. The predicted octanol–water partition coefficient (Wildman–Crippen LogP) is 1.47. The summed E-state index contributed by atoms with van der Waals surface area (Å²) in [7, 11) is 0. The van der Waals surface area contributed by atoms with Crippen LogP contribution in [0.15, 0.2) is 12.7 Å². The zero-order valence-electron chi connectivity index (χ0n) is 7.92. The molecule has 0 saturated carbocycles.